The summed E-state index contributed by atoms with van der Waals surface area (Å²) in [5.41, 5.74) is 14.7. The number of aliphatic imine (C=N–C) groups is 1. The maximum atomic E-state index is 12.9. The highest BCUT2D eigenvalue weighted by Crippen LogP contribution is 2.43. The van der Waals surface area contributed by atoms with Gasteiger partial charge in [0.1, 0.15) is 17.1 Å². The van der Waals surface area contributed by atoms with Gasteiger partial charge in [-0.15, -0.1) is 0 Å². The van der Waals surface area contributed by atoms with Crippen molar-refractivity contribution >= 4 is 56.3 Å². The third-order valence-electron chi connectivity index (χ3n) is 4.25. The van der Waals surface area contributed by atoms with E-state index in [-0.39, 0.29) is 38.7 Å². The molecular formula is C19H20BrN4O2+. The fraction of sp³-hybridized carbons (Fsp3) is 0.158. The zero-order chi connectivity index (χ0) is 19.2. The number of rotatable bonds is 2. The van der Waals surface area contributed by atoms with Gasteiger partial charge in [-0.3, -0.25) is 9.28 Å². The number of fused-ring (bicyclic) bond motifs is 1. The number of hydrogen-bond donors (Lipinski definition) is 3. The van der Waals surface area contributed by atoms with Crippen LogP contribution in [-0.2, 0) is 0 Å². The molecule has 6 nitrogen and oxygen atoms in total. The zero-order valence-electron chi connectivity index (χ0n) is 14.7. The summed E-state index contributed by atoms with van der Waals surface area (Å²) in [4.78, 5) is 17.4. The van der Waals surface area contributed by atoms with E-state index in [4.69, 9.17) is 11.5 Å². The van der Waals surface area contributed by atoms with Crippen LogP contribution < -0.4 is 16.0 Å². The molecule has 0 saturated heterocycles. The second-order valence-electron chi connectivity index (χ2n) is 6.97. The van der Waals surface area contributed by atoms with E-state index in [1.807, 2.05) is 24.3 Å². The van der Waals surface area contributed by atoms with Crippen molar-refractivity contribution in [3.05, 3.63) is 45.9 Å². The standard InChI is InChI=1S/C19H19BrN4O2/c1-24(2,3)11-6-4-5-10(9-11)23-13-8-7-12-14(19(13)26)16(21)17(22)15(20)18(12)25/h4-9H,1-3H3,(H4-,21,22,23,25,26)/p+1. The van der Waals surface area contributed by atoms with Crippen molar-refractivity contribution < 1.29 is 9.90 Å². The molecule has 0 aromatic heterocycles. The maximum Gasteiger partial charge on any atom is 0.214 e. The van der Waals surface area contributed by atoms with E-state index in [1.54, 1.807) is 12.2 Å². The van der Waals surface area contributed by atoms with Crippen LogP contribution in [0.3, 0.4) is 0 Å². The van der Waals surface area contributed by atoms with Crippen LogP contribution in [0.4, 0.5) is 22.7 Å². The smallest absolute Gasteiger partial charge is 0.214 e. The number of carbonyl (C=O) groups excluding carboxylic acids is 1. The minimum atomic E-state index is -0.370. The number of Topliss-reactive ketones (excluding diaryl/α,β-unsaturated/α-hetero) is 1. The molecule has 0 amide bonds. The number of quaternary nitrogens is 1. The van der Waals surface area contributed by atoms with Gasteiger partial charge in [0.15, 0.2) is 0 Å². The molecular weight excluding hydrogens is 396 g/mol. The first kappa shape index (κ1) is 18.2. The molecule has 0 fully saturated rings. The Morgan fingerprint density at radius 1 is 1.12 bits per heavy atom. The summed E-state index contributed by atoms with van der Waals surface area (Å²) in [6, 6.07) is 7.67. The van der Waals surface area contributed by atoms with Crippen LogP contribution >= 0.6 is 15.9 Å². The molecule has 0 heterocycles. The minimum absolute atomic E-state index is 0.109. The summed E-state index contributed by atoms with van der Waals surface area (Å²) < 4.78 is 0.915. The number of nitrogens with zero attached hydrogens (tertiary/aromatic N) is 2. The summed E-state index contributed by atoms with van der Waals surface area (Å²) in [6.45, 7) is 0. The largest absolute Gasteiger partial charge is 0.506 e. The second kappa shape index (κ2) is 6.26. The molecule has 3 rings (SSSR count). The number of phenolic OH excluding ortho intramolecular Hbond substituents is 1. The molecule has 0 unspecified atom stereocenters. The lowest BCUT2D eigenvalue weighted by atomic mass is 9.91. The van der Waals surface area contributed by atoms with Gasteiger partial charge in [-0.2, -0.15) is 0 Å². The van der Waals surface area contributed by atoms with E-state index in [2.05, 4.69) is 42.1 Å². The monoisotopic (exact) mass is 415 g/mol. The Kier molecular flexibility index (Phi) is 4.37. The fourth-order valence-electron chi connectivity index (χ4n) is 2.74. The third kappa shape index (κ3) is 3.00. The molecule has 0 bridgehead atoms. The quantitative estimate of drug-likeness (QED) is 0.396. The number of carbonyl (C=O) groups is 1. The van der Waals surface area contributed by atoms with Crippen LogP contribution in [0.15, 0.2) is 39.8 Å². The number of anilines is 2. The summed E-state index contributed by atoms with van der Waals surface area (Å²) in [5.74, 6) is -0.479. The van der Waals surface area contributed by atoms with Crippen molar-refractivity contribution in [3.63, 3.8) is 0 Å². The third-order valence-corrected chi connectivity index (χ3v) is 5.05. The van der Waals surface area contributed by atoms with Crippen LogP contribution in [0, 0.1) is 0 Å². The van der Waals surface area contributed by atoms with Gasteiger partial charge in [-0.25, -0.2) is 4.99 Å². The topological polar surface area (TPSA) is 102 Å². The molecule has 0 saturated carbocycles. The van der Waals surface area contributed by atoms with Gasteiger partial charge in [-0.1, -0.05) is 6.07 Å². The van der Waals surface area contributed by atoms with Crippen molar-refractivity contribution in [3.8, 4) is 5.75 Å². The van der Waals surface area contributed by atoms with Gasteiger partial charge in [0.2, 0.25) is 5.78 Å². The van der Waals surface area contributed by atoms with E-state index in [1.165, 1.54) is 0 Å². The first-order valence-electron chi connectivity index (χ1n) is 7.94. The molecule has 7 heteroatoms. The summed E-state index contributed by atoms with van der Waals surface area (Å²) >= 11 is 3.19. The predicted octanol–water partition coefficient (Wildman–Crippen LogP) is 3.50. The van der Waals surface area contributed by atoms with Crippen molar-refractivity contribution in [2.45, 2.75) is 0 Å². The van der Waals surface area contributed by atoms with Gasteiger partial charge in [0, 0.05) is 11.6 Å². The number of aromatic hydroxyl groups is 1. The molecule has 2 aromatic carbocycles. The van der Waals surface area contributed by atoms with E-state index in [0.29, 0.717) is 15.7 Å². The zero-order valence-corrected chi connectivity index (χ0v) is 16.3. The number of phenols is 1. The molecule has 0 radical (unpaired) electrons. The molecule has 1 aliphatic carbocycles. The van der Waals surface area contributed by atoms with Crippen molar-refractivity contribution in [2.75, 3.05) is 32.6 Å². The Bertz CT molecular complexity index is 988. The lowest BCUT2D eigenvalue weighted by Crippen LogP contribution is -2.34. The number of benzene rings is 2. The number of allylic oxidation sites excluding steroid dienone is 1. The van der Waals surface area contributed by atoms with Crippen LogP contribution in [0.25, 0.3) is 6.08 Å². The molecule has 5 N–H and O–H groups in total. The number of nitrogen functional groups attached to an aromatic ring is 2. The highest BCUT2D eigenvalue weighted by Gasteiger charge is 2.28. The maximum absolute atomic E-state index is 12.9. The summed E-state index contributed by atoms with van der Waals surface area (Å²) in [7, 11) is 6.16. The van der Waals surface area contributed by atoms with Crippen LogP contribution in [-0.4, -0.2) is 37.7 Å². The number of hydrogen-bond acceptors (Lipinski definition) is 5. The second-order valence-corrected chi connectivity index (χ2v) is 7.76. The predicted molar refractivity (Wildman–Crippen MR) is 111 cm³/mol. The van der Waals surface area contributed by atoms with Crippen LogP contribution in [0.1, 0.15) is 15.9 Å². The van der Waals surface area contributed by atoms with Gasteiger partial charge in [-0.05, 0) is 40.2 Å². The SMILES string of the molecule is C[N+](C)(C)c1cccc(N=C2C=Cc3c(O)c(Br)c(N)c(N)c3C2=O)c1. The van der Waals surface area contributed by atoms with E-state index < -0.39 is 0 Å². The number of nitrogens with two attached hydrogens (primary N) is 2. The Labute approximate surface area is 160 Å². The summed E-state index contributed by atoms with van der Waals surface area (Å²) in [6.07, 6.45) is 3.19. The van der Waals surface area contributed by atoms with Crippen LogP contribution in [0.5, 0.6) is 5.75 Å². The molecule has 26 heavy (non-hydrogen) atoms. The van der Waals surface area contributed by atoms with E-state index >= 15 is 0 Å². The van der Waals surface area contributed by atoms with Crippen molar-refractivity contribution in [1.82, 2.24) is 4.48 Å². The average molecular weight is 416 g/mol. The molecule has 0 atom stereocenters. The van der Waals surface area contributed by atoms with Crippen LogP contribution in [0.2, 0.25) is 0 Å². The van der Waals surface area contributed by atoms with E-state index in [9.17, 15) is 9.90 Å². The lowest BCUT2D eigenvalue weighted by molar-refractivity contribution is 0.106. The normalized spacial score (nSPS) is 15.4. The molecule has 134 valence electrons. The minimum Gasteiger partial charge on any atom is -0.506 e. The van der Waals surface area contributed by atoms with Gasteiger partial charge in [0.25, 0.3) is 0 Å². The molecule has 1 aliphatic rings. The Morgan fingerprint density at radius 2 is 1.81 bits per heavy atom. The lowest BCUT2D eigenvalue weighted by Gasteiger charge is -2.23. The number of halogens is 1. The average Bonchev–Trinajstić information content (AvgIpc) is 2.59. The molecule has 0 aliphatic heterocycles. The highest BCUT2D eigenvalue weighted by atomic mass is 79.9. The first-order chi connectivity index (χ1) is 12.1. The summed E-state index contributed by atoms with van der Waals surface area (Å²) in [5, 5.41) is 10.2. The van der Waals surface area contributed by atoms with Crippen molar-refractivity contribution in [2.24, 2.45) is 4.99 Å². The molecule has 2 aromatic rings. The van der Waals surface area contributed by atoms with Gasteiger partial charge >= 0.3 is 0 Å². The first-order valence-corrected chi connectivity index (χ1v) is 8.73. The molecule has 0 spiro atoms. The van der Waals surface area contributed by atoms with Gasteiger partial charge < -0.3 is 16.6 Å². The van der Waals surface area contributed by atoms with Gasteiger partial charge in [0.05, 0.1) is 48.2 Å². The Hall–Kier alpha value is -2.64. The Balaban J connectivity index is 2.11. The fourth-order valence-corrected chi connectivity index (χ4v) is 3.17. The number of ketones is 1. The highest BCUT2D eigenvalue weighted by molar-refractivity contribution is 9.10. The van der Waals surface area contributed by atoms with E-state index in [0.717, 1.165) is 5.69 Å². The van der Waals surface area contributed by atoms with Crippen molar-refractivity contribution in [1.29, 1.82) is 0 Å². The Morgan fingerprint density at radius 3 is 2.46 bits per heavy atom.